The number of ketones is 1. The largest absolute Gasteiger partial charge is 0.293 e. The lowest BCUT2D eigenvalue weighted by Gasteiger charge is -2.14. The van der Waals surface area contributed by atoms with Gasteiger partial charge in [-0.2, -0.15) is 5.10 Å². The van der Waals surface area contributed by atoms with Crippen LogP contribution in [0.1, 0.15) is 31.1 Å². The van der Waals surface area contributed by atoms with Gasteiger partial charge < -0.3 is 0 Å². The van der Waals surface area contributed by atoms with Gasteiger partial charge in [0.25, 0.3) is 0 Å². The number of halogens is 1. The summed E-state index contributed by atoms with van der Waals surface area (Å²) in [5.74, 6) is -0.375. The molecule has 0 fully saturated rings. The van der Waals surface area contributed by atoms with Gasteiger partial charge in [-0.25, -0.2) is 9.07 Å². The lowest BCUT2D eigenvalue weighted by atomic mass is 9.88. The first-order chi connectivity index (χ1) is 8.39. The van der Waals surface area contributed by atoms with Crippen molar-refractivity contribution in [3.63, 3.8) is 0 Å². The van der Waals surface area contributed by atoms with Crippen LogP contribution in [0.4, 0.5) is 4.39 Å². The molecule has 2 aromatic rings. The number of hydrogen-bond donors (Lipinski definition) is 0. The second kappa shape index (κ2) is 4.37. The van der Waals surface area contributed by atoms with E-state index < -0.39 is 5.41 Å². The Morgan fingerprint density at radius 1 is 1.28 bits per heavy atom. The molecule has 0 unspecified atom stereocenters. The van der Waals surface area contributed by atoms with Gasteiger partial charge in [0.05, 0.1) is 11.8 Å². The lowest BCUT2D eigenvalue weighted by Crippen LogP contribution is -2.19. The Morgan fingerprint density at radius 2 is 1.94 bits per heavy atom. The van der Waals surface area contributed by atoms with Crippen LogP contribution in [0.25, 0.3) is 5.69 Å². The topological polar surface area (TPSA) is 34.9 Å². The van der Waals surface area contributed by atoms with Gasteiger partial charge in [0.2, 0.25) is 0 Å². The van der Waals surface area contributed by atoms with Gasteiger partial charge in [-0.1, -0.05) is 32.9 Å². The Hall–Kier alpha value is -1.97. The molecular formula is C14H15FN2O. The predicted octanol–water partition coefficient (Wildman–Crippen LogP) is 3.24. The highest BCUT2D eigenvalue weighted by Gasteiger charge is 2.24. The summed E-state index contributed by atoms with van der Waals surface area (Å²) >= 11 is 0. The van der Waals surface area contributed by atoms with E-state index in [1.54, 1.807) is 24.4 Å². The molecular weight excluding hydrogens is 231 g/mol. The van der Waals surface area contributed by atoms with Crippen LogP contribution >= 0.6 is 0 Å². The first kappa shape index (κ1) is 12.5. The summed E-state index contributed by atoms with van der Waals surface area (Å²) in [6.07, 6.45) is 3.03. The highest BCUT2D eigenvalue weighted by Crippen LogP contribution is 2.21. The fourth-order valence-corrected chi connectivity index (χ4v) is 1.64. The molecule has 2 rings (SSSR count). The predicted molar refractivity (Wildman–Crippen MR) is 67.3 cm³/mol. The second-order valence-electron chi connectivity index (χ2n) is 5.20. The Labute approximate surface area is 105 Å². The van der Waals surface area contributed by atoms with Crippen LogP contribution in [0.3, 0.4) is 0 Å². The van der Waals surface area contributed by atoms with Crippen LogP contribution < -0.4 is 0 Å². The molecule has 0 atom stereocenters. The highest BCUT2D eigenvalue weighted by atomic mass is 19.1. The molecule has 1 aromatic heterocycles. The average Bonchev–Trinajstić information content (AvgIpc) is 2.76. The Bertz CT molecular complexity index is 581. The monoisotopic (exact) mass is 246 g/mol. The van der Waals surface area contributed by atoms with Gasteiger partial charge in [0.1, 0.15) is 11.5 Å². The Kier molecular flexibility index (Phi) is 3.03. The van der Waals surface area contributed by atoms with Gasteiger partial charge in [0.15, 0.2) is 5.78 Å². The molecule has 1 heterocycles. The SMILES string of the molecule is CC(C)(C)C(=O)c1cnn(-c2ccccc2F)c1. The number of benzene rings is 1. The van der Waals surface area contributed by atoms with Crippen molar-refractivity contribution in [2.75, 3.05) is 0 Å². The number of carbonyl (C=O) groups excluding carboxylic acids is 1. The van der Waals surface area contributed by atoms with E-state index in [-0.39, 0.29) is 11.6 Å². The fourth-order valence-electron chi connectivity index (χ4n) is 1.64. The van der Waals surface area contributed by atoms with Gasteiger partial charge in [-0.3, -0.25) is 4.79 Å². The maximum atomic E-state index is 13.6. The summed E-state index contributed by atoms with van der Waals surface area (Å²) in [4.78, 5) is 12.0. The third-order valence-electron chi connectivity index (χ3n) is 2.63. The molecule has 0 saturated carbocycles. The minimum Gasteiger partial charge on any atom is -0.293 e. The van der Waals surface area contributed by atoms with Crippen molar-refractivity contribution in [3.05, 3.63) is 48.0 Å². The van der Waals surface area contributed by atoms with Crippen LogP contribution in [-0.2, 0) is 0 Å². The second-order valence-corrected chi connectivity index (χ2v) is 5.20. The maximum absolute atomic E-state index is 13.6. The Balaban J connectivity index is 2.38. The summed E-state index contributed by atoms with van der Waals surface area (Å²) in [5, 5.41) is 4.04. The van der Waals surface area contributed by atoms with Gasteiger partial charge in [0, 0.05) is 11.6 Å². The molecule has 0 aliphatic rings. The lowest BCUT2D eigenvalue weighted by molar-refractivity contribution is 0.0858. The number of Topliss-reactive ketones (excluding diaryl/α,β-unsaturated/α-hetero) is 1. The summed E-state index contributed by atoms with van der Waals surface area (Å²) in [6, 6.07) is 6.32. The molecule has 0 N–H and O–H groups in total. The van der Waals surface area contributed by atoms with Crippen LogP contribution in [-0.4, -0.2) is 15.6 Å². The number of nitrogens with zero attached hydrogens (tertiary/aromatic N) is 2. The van der Waals surface area contributed by atoms with Crippen molar-refractivity contribution in [1.29, 1.82) is 0 Å². The normalized spacial score (nSPS) is 11.6. The zero-order valence-corrected chi connectivity index (χ0v) is 10.6. The number of carbonyl (C=O) groups is 1. The quantitative estimate of drug-likeness (QED) is 0.762. The van der Waals surface area contributed by atoms with Crippen LogP contribution in [0.5, 0.6) is 0 Å². The van der Waals surface area contributed by atoms with Crippen molar-refractivity contribution in [2.24, 2.45) is 5.41 Å². The molecule has 1 aromatic carbocycles. The molecule has 18 heavy (non-hydrogen) atoms. The number of hydrogen-bond acceptors (Lipinski definition) is 2. The van der Waals surface area contributed by atoms with Crippen LogP contribution in [0.15, 0.2) is 36.7 Å². The zero-order valence-electron chi connectivity index (χ0n) is 10.6. The third-order valence-corrected chi connectivity index (χ3v) is 2.63. The minimum atomic E-state index is -0.469. The smallest absolute Gasteiger partial charge is 0.171 e. The molecule has 94 valence electrons. The molecule has 4 heteroatoms. The summed E-state index contributed by atoms with van der Waals surface area (Å²) < 4.78 is 15.0. The molecule has 0 saturated heterocycles. The van der Waals surface area contributed by atoms with Gasteiger partial charge >= 0.3 is 0 Å². The molecule has 0 bridgehead atoms. The van der Waals surface area contributed by atoms with Gasteiger partial charge in [-0.15, -0.1) is 0 Å². The van der Waals surface area contributed by atoms with E-state index in [4.69, 9.17) is 0 Å². The van der Waals surface area contributed by atoms with Crippen LogP contribution in [0.2, 0.25) is 0 Å². The van der Waals surface area contributed by atoms with E-state index in [0.29, 0.717) is 11.3 Å². The first-order valence-corrected chi connectivity index (χ1v) is 5.74. The van der Waals surface area contributed by atoms with E-state index in [1.165, 1.54) is 16.9 Å². The highest BCUT2D eigenvalue weighted by molar-refractivity contribution is 5.99. The molecule has 0 aliphatic heterocycles. The van der Waals surface area contributed by atoms with Crippen molar-refractivity contribution < 1.29 is 9.18 Å². The molecule has 0 radical (unpaired) electrons. The summed E-state index contributed by atoms with van der Waals surface area (Å²) in [7, 11) is 0. The van der Waals surface area contributed by atoms with Crippen molar-refractivity contribution >= 4 is 5.78 Å². The minimum absolute atomic E-state index is 0.00918. The Morgan fingerprint density at radius 3 is 2.56 bits per heavy atom. The number of rotatable bonds is 2. The van der Waals surface area contributed by atoms with E-state index in [1.807, 2.05) is 20.8 Å². The molecule has 0 spiro atoms. The van der Waals surface area contributed by atoms with Crippen molar-refractivity contribution in [2.45, 2.75) is 20.8 Å². The average molecular weight is 246 g/mol. The van der Waals surface area contributed by atoms with E-state index >= 15 is 0 Å². The molecule has 0 amide bonds. The number of para-hydroxylation sites is 1. The third kappa shape index (κ3) is 2.32. The summed E-state index contributed by atoms with van der Waals surface area (Å²) in [6.45, 7) is 5.53. The fraction of sp³-hybridized carbons (Fsp3) is 0.286. The van der Waals surface area contributed by atoms with E-state index in [0.717, 1.165) is 0 Å². The zero-order chi connectivity index (χ0) is 13.3. The van der Waals surface area contributed by atoms with E-state index in [2.05, 4.69) is 5.10 Å². The standard InChI is InChI=1S/C14H15FN2O/c1-14(2,3)13(18)10-8-16-17(9-10)12-7-5-4-6-11(12)15/h4-9H,1-3H3. The maximum Gasteiger partial charge on any atom is 0.171 e. The molecule has 3 nitrogen and oxygen atoms in total. The van der Waals surface area contributed by atoms with Crippen LogP contribution in [0, 0.1) is 11.2 Å². The number of aromatic nitrogens is 2. The first-order valence-electron chi connectivity index (χ1n) is 5.74. The van der Waals surface area contributed by atoms with Gasteiger partial charge in [-0.05, 0) is 12.1 Å². The van der Waals surface area contributed by atoms with E-state index in [9.17, 15) is 9.18 Å². The molecule has 0 aliphatic carbocycles. The van der Waals surface area contributed by atoms with Crippen molar-refractivity contribution in [3.8, 4) is 5.69 Å². The summed E-state index contributed by atoms with van der Waals surface area (Å²) in [5.41, 5.74) is 0.361. The van der Waals surface area contributed by atoms with Crippen molar-refractivity contribution in [1.82, 2.24) is 9.78 Å².